The number of halogens is 1. The van der Waals surface area contributed by atoms with Gasteiger partial charge >= 0.3 is 0 Å². The van der Waals surface area contributed by atoms with Crippen molar-refractivity contribution < 1.29 is 14.6 Å². The minimum atomic E-state index is 0.0728. The zero-order valence-electron chi connectivity index (χ0n) is 11.4. The van der Waals surface area contributed by atoms with E-state index in [1.54, 1.807) is 0 Å². The predicted octanol–water partition coefficient (Wildman–Crippen LogP) is 2.85. The largest absolute Gasteiger partial charge is 0.454 e. The van der Waals surface area contributed by atoms with Crippen molar-refractivity contribution in [2.45, 2.75) is 19.7 Å². The molecule has 2 aromatic carbocycles. The minimum Gasteiger partial charge on any atom is -0.454 e. The minimum absolute atomic E-state index is 0.0728. The Hall–Kier alpha value is -1.75. The van der Waals surface area contributed by atoms with Gasteiger partial charge in [-0.1, -0.05) is 35.9 Å². The van der Waals surface area contributed by atoms with Crippen LogP contribution in [0.1, 0.15) is 16.7 Å². The fourth-order valence-electron chi connectivity index (χ4n) is 2.24. The van der Waals surface area contributed by atoms with Crippen LogP contribution >= 0.6 is 11.6 Å². The Morgan fingerprint density at radius 1 is 1.00 bits per heavy atom. The van der Waals surface area contributed by atoms with Crippen LogP contribution in [0.4, 0.5) is 0 Å². The quantitative estimate of drug-likeness (QED) is 0.892. The number of benzene rings is 2. The number of fused-ring (bicyclic) bond motifs is 1. The summed E-state index contributed by atoms with van der Waals surface area (Å²) in [7, 11) is 0. The van der Waals surface area contributed by atoms with Crippen LogP contribution in [0.3, 0.4) is 0 Å². The van der Waals surface area contributed by atoms with Crippen molar-refractivity contribution in [3.05, 3.63) is 58.1 Å². The van der Waals surface area contributed by atoms with Crippen molar-refractivity contribution in [2.75, 3.05) is 6.79 Å². The van der Waals surface area contributed by atoms with Crippen molar-refractivity contribution in [2.24, 2.45) is 0 Å². The molecule has 0 aliphatic carbocycles. The molecular formula is C16H16ClNO3. The summed E-state index contributed by atoms with van der Waals surface area (Å²) in [6, 6.07) is 11.7. The number of rotatable bonds is 5. The molecule has 2 aromatic rings. The van der Waals surface area contributed by atoms with E-state index in [4.69, 9.17) is 26.2 Å². The molecule has 4 nitrogen and oxygen atoms in total. The number of ether oxygens (including phenoxy) is 2. The van der Waals surface area contributed by atoms with Gasteiger partial charge in [-0.2, -0.15) is 0 Å². The van der Waals surface area contributed by atoms with Gasteiger partial charge in [0.1, 0.15) is 0 Å². The summed E-state index contributed by atoms with van der Waals surface area (Å²) in [6.07, 6.45) is 0. The van der Waals surface area contributed by atoms with Gasteiger partial charge < -0.3 is 19.9 Å². The van der Waals surface area contributed by atoms with E-state index >= 15 is 0 Å². The molecule has 3 rings (SSSR count). The first-order chi connectivity index (χ1) is 10.3. The molecule has 0 saturated heterocycles. The van der Waals surface area contributed by atoms with Crippen LogP contribution in [0.25, 0.3) is 0 Å². The van der Waals surface area contributed by atoms with Gasteiger partial charge in [-0.3, -0.25) is 0 Å². The van der Waals surface area contributed by atoms with Crippen LogP contribution in [0.15, 0.2) is 36.4 Å². The third-order valence-electron chi connectivity index (χ3n) is 3.35. The molecule has 0 bridgehead atoms. The molecule has 21 heavy (non-hydrogen) atoms. The summed E-state index contributed by atoms with van der Waals surface area (Å²) in [5.74, 6) is 1.33. The lowest BCUT2D eigenvalue weighted by Gasteiger charge is -2.08. The molecule has 0 spiro atoms. The van der Waals surface area contributed by atoms with E-state index in [-0.39, 0.29) is 13.4 Å². The lowest BCUT2D eigenvalue weighted by Crippen LogP contribution is -2.12. The van der Waals surface area contributed by atoms with Crippen molar-refractivity contribution in [1.29, 1.82) is 0 Å². The Labute approximate surface area is 128 Å². The molecule has 0 aromatic heterocycles. The van der Waals surface area contributed by atoms with Crippen molar-refractivity contribution in [3.63, 3.8) is 0 Å². The van der Waals surface area contributed by atoms with Crippen molar-refractivity contribution >= 4 is 11.6 Å². The molecule has 0 amide bonds. The fraction of sp³-hybridized carbons (Fsp3) is 0.250. The molecule has 2 N–H and O–H groups in total. The fourth-order valence-corrected chi connectivity index (χ4v) is 2.52. The highest BCUT2D eigenvalue weighted by atomic mass is 35.5. The molecule has 0 atom stereocenters. The topological polar surface area (TPSA) is 50.7 Å². The van der Waals surface area contributed by atoms with Crippen LogP contribution in [0, 0.1) is 0 Å². The first-order valence-corrected chi connectivity index (χ1v) is 7.11. The Morgan fingerprint density at radius 2 is 1.71 bits per heavy atom. The number of aliphatic hydroxyl groups excluding tert-OH is 1. The molecule has 5 heteroatoms. The maximum absolute atomic E-state index is 9.01. The van der Waals surface area contributed by atoms with Gasteiger partial charge in [-0.05, 0) is 28.8 Å². The first kappa shape index (κ1) is 14.2. The standard InChI is InChI=1S/C16H16ClNO3/c17-14-5-13(6-15-16(14)21-10-20-15)8-18-7-11-1-3-12(9-19)4-2-11/h1-6,18-19H,7-10H2. The average Bonchev–Trinajstić information content (AvgIpc) is 2.97. The molecule has 0 saturated carbocycles. The Morgan fingerprint density at radius 3 is 2.48 bits per heavy atom. The molecule has 1 heterocycles. The lowest BCUT2D eigenvalue weighted by atomic mass is 10.1. The number of hydrogen-bond acceptors (Lipinski definition) is 4. The van der Waals surface area contributed by atoms with Gasteiger partial charge in [0, 0.05) is 13.1 Å². The molecule has 1 aliphatic rings. The van der Waals surface area contributed by atoms with E-state index in [9.17, 15) is 0 Å². The number of hydrogen-bond donors (Lipinski definition) is 2. The highest BCUT2D eigenvalue weighted by molar-refractivity contribution is 6.32. The number of aliphatic hydroxyl groups is 1. The van der Waals surface area contributed by atoms with Crippen LogP contribution < -0.4 is 14.8 Å². The summed E-state index contributed by atoms with van der Waals surface area (Å²) in [5, 5.41) is 12.9. The SMILES string of the molecule is OCc1ccc(CNCc2cc(Cl)c3c(c2)OCO3)cc1. The Balaban J connectivity index is 1.59. The summed E-state index contributed by atoms with van der Waals surface area (Å²) in [4.78, 5) is 0. The summed E-state index contributed by atoms with van der Waals surface area (Å²) in [6.45, 7) is 1.74. The normalized spacial score (nSPS) is 12.7. The molecule has 0 fully saturated rings. The monoisotopic (exact) mass is 305 g/mol. The second-order valence-electron chi connectivity index (χ2n) is 4.89. The van der Waals surface area contributed by atoms with Crippen LogP contribution in [0.2, 0.25) is 5.02 Å². The lowest BCUT2D eigenvalue weighted by molar-refractivity contribution is 0.174. The highest BCUT2D eigenvalue weighted by Gasteiger charge is 2.17. The highest BCUT2D eigenvalue weighted by Crippen LogP contribution is 2.39. The molecular weight excluding hydrogens is 290 g/mol. The second kappa shape index (κ2) is 6.35. The Bertz CT molecular complexity index is 628. The second-order valence-corrected chi connectivity index (χ2v) is 5.30. The first-order valence-electron chi connectivity index (χ1n) is 6.73. The van der Waals surface area contributed by atoms with E-state index in [1.807, 2.05) is 36.4 Å². The summed E-state index contributed by atoms with van der Waals surface area (Å²) in [5.41, 5.74) is 3.14. The van der Waals surface area contributed by atoms with Gasteiger partial charge in [0.2, 0.25) is 6.79 Å². The molecule has 1 aliphatic heterocycles. The average molecular weight is 306 g/mol. The van der Waals surface area contributed by atoms with Crippen molar-refractivity contribution in [3.8, 4) is 11.5 Å². The number of nitrogens with one attached hydrogen (secondary N) is 1. The zero-order chi connectivity index (χ0) is 14.7. The maximum atomic E-state index is 9.01. The summed E-state index contributed by atoms with van der Waals surface area (Å²) >= 11 is 6.15. The van der Waals surface area contributed by atoms with Gasteiger partial charge in [0.05, 0.1) is 11.6 Å². The summed E-state index contributed by atoms with van der Waals surface area (Å²) < 4.78 is 10.6. The van der Waals surface area contributed by atoms with Gasteiger partial charge in [-0.25, -0.2) is 0 Å². The van der Waals surface area contributed by atoms with E-state index in [2.05, 4.69) is 5.32 Å². The van der Waals surface area contributed by atoms with Gasteiger partial charge in [-0.15, -0.1) is 0 Å². The van der Waals surface area contributed by atoms with Gasteiger partial charge in [0.25, 0.3) is 0 Å². The zero-order valence-corrected chi connectivity index (χ0v) is 12.2. The third-order valence-corrected chi connectivity index (χ3v) is 3.63. The van der Waals surface area contributed by atoms with E-state index in [1.165, 1.54) is 5.56 Å². The Kier molecular flexibility index (Phi) is 4.29. The van der Waals surface area contributed by atoms with Crippen LogP contribution in [-0.4, -0.2) is 11.9 Å². The van der Waals surface area contributed by atoms with E-state index in [0.29, 0.717) is 23.1 Å². The third kappa shape index (κ3) is 3.29. The predicted molar refractivity (Wildman–Crippen MR) is 80.5 cm³/mol. The van der Waals surface area contributed by atoms with Gasteiger partial charge in [0.15, 0.2) is 11.5 Å². The van der Waals surface area contributed by atoms with E-state index in [0.717, 1.165) is 17.7 Å². The maximum Gasteiger partial charge on any atom is 0.231 e. The molecule has 0 unspecified atom stereocenters. The van der Waals surface area contributed by atoms with Crippen molar-refractivity contribution in [1.82, 2.24) is 5.32 Å². The van der Waals surface area contributed by atoms with Crippen LogP contribution in [0.5, 0.6) is 11.5 Å². The van der Waals surface area contributed by atoms with E-state index < -0.39 is 0 Å². The van der Waals surface area contributed by atoms with Crippen LogP contribution in [-0.2, 0) is 19.7 Å². The molecule has 110 valence electrons. The smallest absolute Gasteiger partial charge is 0.231 e. The molecule has 0 radical (unpaired) electrons.